The fourth-order valence-electron chi connectivity index (χ4n) is 4.28. The van der Waals surface area contributed by atoms with Gasteiger partial charge in [0, 0.05) is 42.2 Å². The van der Waals surface area contributed by atoms with Crippen molar-refractivity contribution in [1.29, 1.82) is 0 Å². The van der Waals surface area contributed by atoms with Crippen LogP contribution in [0.1, 0.15) is 15.9 Å². The first-order valence-electron chi connectivity index (χ1n) is 12.8. The first kappa shape index (κ1) is 27.4. The van der Waals surface area contributed by atoms with E-state index in [4.69, 9.17) is 9.84 Å². The molecule has 1 amide bonds. The lowest BCUT2D eigenvalue weighted by Crippen LogP contribution is -2.29. The Morgan fingerprint density at radius 3 is 2.49 bits per heavy atom. The van der Waals surface area contributed by atoms with E-state index in [0.29, 0.717) is 18.1 Å². The zero-order valence-corrected chi connectivity index (χ0v) is 22.0. The number of hydrogen-bond donors (Lipinski definition) is 2. The van der Waals surface area contributed by atoms with E-state index in [9.17, 15) is 18.0 Å². The molecule has 5 rings (SSSR count). The number of carbonyl (C=O) groups is 1. The number of para-hydroxylation sites is 1. The topological polar surface area (TPSA) is 81.1 Å². The highest BCUT2D eigenvalue weighted by atomic mass is 19.4. The van der Waals surface area contributed by atoms with Crippen LogP contribution in [0.25, 0.3) is 28.1 Å². The molecule has 0 radical (unpaired) electrons. The molecule has 0 aliphatic carbocycles. The summed E-state index contributed by atoms with van der Waals surface area (Å²) in [6.45, 7) is 0.495. The Balaban J connectivity index is 1.32. The Kier molecular flexibility index (Phi) is 8.00. The predicted molar refractivity (Wildman–Crippen MR) is 151 cm³/mol. The third-order valence-electron chi connectivity index (χ3n) is 6.32. The molecular formula is C31H26F3N5O2. The molecule has 0 aliphatic rings. The summed E-state index contributed by atoms with van der Waals surface area (Å²) in [6.07, 6.45) is -0.884. The highest BCUT2D eigenvalue weighted by Gasteiger charge is 2.30. The van der Waals surface area contributed by atoms with Crippen molar-refractivity contribution in [2.75, 3.05) is 25.5 Å². The van der Waals surface area contributed by atoms with Gasteiger partial charge in [0.05, 0.1) is 18.4 Å². The van der Waals surface area contributed by atoms with Crippen LogP contribution in [-0.4, -0.2) is 40.9 Å². The minimum atomic E-state index is -4.52. The van der Waals surface area contributed by atoms with Gasteiger partial charge < -0.3 is 15.4 Å². The number of benzene rings is 3. The molecule has 0 aliphatic heterocycles. The number of anilines is 1. The monoisotopic (exact) mass is 557 g/mol. The van der Waals surface area contributed by atoms with Gasteiger partial charge in [0.15, 0.2) is 0 Å². The van der Waals surface area contributed by atoms with Gasteiger partial charge in [-0.15, -0.1) is 0 Å². The molecule has 0 saturated carbocycles. The van der Waals surface area contributed by atoms with E-state index in [1.165, 1.54) is 12.1 Å². The number of pyridine rings is 1. The minimum Gasteiger partial charge on any atom is -0.497 e. The van der Waals surface area contributed by atoms with Crippen molar-refractivity contribution >= 4 is 11.7 Å². The second-order valence-electron chi connectivity index (χ2n) is 9.09. The van der Waals surface area contributed by atoms with Crippen LogP contribution in [0.2, 0.25) is 0 Å². The molecule has 10 heteroatoms. The predicted octanol–water partition coefficient (Wildman–Crippen LogP) is 6.47. The van der Waals surface area contributed by atoms with E-state index in [2.05, 4.69) is 15.6 Å². The molecule has 7 nitrogen and oxygen atoms in total. The average molecular weight is 558 g/mol. The summed E-state index contributed by atoms with van der Waals surface area (Å²) in [5.41, 5.74) is 3.39. The van der Waals surface area contributed by atoms with Gasteiger partial charge in [-0.05, 0) is 60.2 Å². The maximum Gasteiger partial charge on any atom is 0.416 e. The van der Waals surface area contributed by atoms with Crippen LogP contribution < -0.4 is 15.4 Å². The van der Waals surface area contributed by atoms with Crippen molar-refractivity contribution in [2.24, 2.45) is 0 Å². The molecule has 2 aromatic heterocycles. The molecule has 3 aromatic carbocycles. The number of rotatable bonds is 9. The summed E-state index contributed by atoms with van der Waals surface area (Å²) in [6, 6.07) is 25.5. The fourth-order valence-corrected chi connectivity index (χ4v) is 4.28. The molecule has 0 bridgehead atoms. The number of aromatic nitrogens is 3. The van der Waals surface area contributed by atoms with Gasteiger partial charge in [0.2, 0.25) is 0 Å². The Labute approximate surface area is 234 Å². The van der Waals surface area contributed by atoms with Gasteiger partial charge in [-0.3, -0.25) is 4.79 Å². The van der Waals surface area contributed by atoms with Crippen molar-refractivity contribution in [3.05, 3.63) is 115 Å². The molecule has 208 valence electrons. The molecule has 0 spiro atoms. The summed E-state index contributed by atoms with van der Waals surface area (Å²) in [4.78, 5) is 16.7. The third-order valence-corrected chi connectivity index (χ3v) is 6.32. The second-order valence-corrected chi connectivity index (χ2v) is 9.09. The number of carbonyl (C=O) groups excluding carboxylic acids is 1. The zero-order valence-electron chi connectivity index (χ0n) is 22.0. The van der Waals surface area contributed by atoms with Crippen LogP contribution in [0.4, 0.5) is 19.0 Å². The van der Waals surface area contributed by atoms with Crippen molar-refractivity contribution in [2.45, 2.75) is 6.18 Å². The molecular weight excluding hydrogens is 531 g/mol. The minimum absolute atomic E-state index is 0.0551. The van der Waals surface area contributed by atoms with Crippen LogP contribution in [0, 0.1) is 0 Å². The Morgan fingerprint density at radius 2 is 1.71 bits per heavy atom. The van der Waals surface area contributed by atoms with Crippen LogP contribution in [0.3, 0.4) is 0 Å². The van der Waals surface area contributed by atoms with E-state index in [1.807, 2.05) is 77.6 Å². The largest absolute Gasteiger partial charge is 0.497 e. The van der Waals surface area contributed by atoms with Gasteiger partial charge in [-0.1, -0.05) is 36.4 Å². The summed E-state index contributed by atoms with van der Waals surface area (Å²) in [5.74, 6) is 0.697. The molecule has 0 unspecified atom stereocenters. The number of nitrogens with zero attached hydrogens (tertiary/aromatic N) is 3. The highest BCUT2D eigenvalue weighted by molar-refractivity contribution is 5.94. The Hall–Kier alpha value is -5.12. The number of alkyl halides is 3. The Bertz CT molecular complexity index is 1650. The number of methoxy groups -OCH3 is 1. The average Bonchev–Trinajstić information content (AvgIpc) is 3.45. The van der Waals surface area contributed by atoms with Crippen molar-refractivity contribution in [3.63, 3.8) is 0 Å². The van der Waals surface area contributed by atoms with E-state index in [0.717, 1.165) is 40.2 Å². The molecule has 5 aromatic rings. The van der Waals surface area contributed by atoms with Crippen molar-refractivity contribution in [1.82, 2.24) is 20.1 Å². The number of amides is 1. The molecule has 0 fully saturated rings. The maximum atomic E-state index is 13.0. The SMILES string of the molecule is COc1cccc(-c2nn(-c3ccccc3)cc2-c2ccnc(NCCNC(=O)c3cccc(C(F)(F)F)c3)c2)c1. The van der Waals surface area contributed by atoms with Gasteiger partial charge in [-0.2, -0.15) is 18.3 Å². The number of nitrogens with one attached hydrogen (secondary N) is 2. The summed E-state index contributed by atoms with van der Waals surface area (Å²) < 4.78 is 46.1. The molecule has 41 heavy (non-hydrogen) atoms. The van der Waals surface area contributed by atoms with Crippen LogP contribution in [-0.2, 0) is 6.18 Å². The number of hydrogen-bond acceptors (Lipinski definition) is 5. The highest BCUT2D eigenvalue weighted by Crippen LogP contribution is 2.34. The van der Waals surface area contributed by atoms with E-state index in [-0.39, 0.29) is 12.1 Å². The van der Waals surface area contributed by atoms with Crippen LogP contribution in [0.15, 0.2) is 103 Å². The van der Waals surface area contributed by atoms with Gasteiger partial charge >= 0.3 is 6.18 Å². The quantitative estimate of drug-likeness (QED) is 0.203. The second kappa shape index (κ2) is 12.0. The summed E-state index contributed by atoms with van der Waals surface area (Å²) in [7, 11) is 1.62. The standard InChI is InChI=1S/C31H26F3N5O2/c1-41-26-12-6-7-22(18-26)29-27(20-39(38-29)25-10-3-2-4-11-25)21-13-14-35-28(19-21)36-15-16-37-30(40)23-8-5-9-24(17-23)31(32,33)34/h2-14,17-20H,15-16H2,1H3,(H,35,36)(H,37,40). The van der Waals surface area contributed by atoms with E-state index >= 15 is 0 Å². The van der Waals surface area contributed by atoms with Crippen molar-refractivity contribution < 1.29 is 22.7 Å². The molecule has 0 saturated heterocycles. The summed E-state index contributed by atoms with van der Waals surface area (Å²) >= 11 is 0. The Morgan fingerprint density at radius 1 is 0.902 bits per heavy atom. The van der Waals surface area contributed by atoms with E-state index in [1.54, 1.807) is 13.3 Å². The number of halogens is 3. The van der Waals surface area contributed by atoms with E-state index < -0.39 is 17.6 Å². The molecule has 0 atom stereocenters. The lowest BCUT2D eigenvalue weighted by Gasteiger charge is -2.11. The van der Waals surface area contributed by atoms with Crippen molar-refractivity contribution in [3.8, 4) is 33.8 Å². The normalized spacial score (nSPS) is 11.2. The van der Waals surface area contributed by atoms with Gasteiger partial charge in [0.25, 0.3) is 5.91 Å². The molecule has 2 heterocycles. The third kappa shape index (κ3) is 6.55. The smallest absolute Gasteiger partial charge is 0.416 e. The zero-order chi connectivity index (χ0) is 28.8. The lowest BCUT2D eigenvalue weighted by molar-refractivity contribution is -0.137. The lowest BCUT2D eigenvalue weighted by atomic mass is 10.0. The van der Waals surface area contributed by atoms with Gasteiger partial charge in [0.1, 0.15) is 17.3 Å². The van der Waals surface area contributed by atoms with Crippen LogP contribution in [0.5, 0.6) is 5.75 Å². The number of ether oxygens (including phenoxy) is 1. The van der Waals surface area contributed by atoms with Gasteiger partial charge in [-0.25, -0.2) is 9.67 Å². The first-order valence-corrected chi connectivity index (χ1v) is 12.8. The molecule has 2 N–H and O–H groups in total. The fraction of sp³-hybridized carbons (Fsp3) is 0.129. The van der Waals surface area contributed by atoms with Crippen LogP contribution >= 0.6 is 0 Å². The first-order chi connectivity index (χ1) is 19.8. The summed E-state index contributed by atoms with van der Waals surface area (Å²) in [5, 5.41) is 10.7. The maximum absolute atomic E-state index is 13.0.